The summed E-state index contributed by atoms with van der Waals surface area (Å²) in [6.45, 7) is 5.22. The molecule has 182 valence electrons. The Morgan fingerprint density at radius 2 is 1.88 bits per heavy atom. The zero-order valence-corrected chi connectivity index (χ0v) is 19.6. The van der Waals surface area contributed by atoms with Crippen LogP contribution in [-0.2, 0) is 14.8 Å². The van der Waals surface area contributed by atoms with Crippen LogP contribution in [0, 0.1) is 5.92 Å². The molecular formula is C20H30F3N3O5S. The van der Waals surface area contributed by atoms with Crippen LogP contribution >= 0.6 is 0 Å². The van der Waals surface area contributed by atoms with Crippen molar-refractivity contribution in [3.05, 3.63) is 23.8 Å². The van der Waals surface area contributed by atoms with Gasteiger partial charge in [0.25, 0.3) is 5.91 Å². The van der Waals surface area contributed by atoms with Crippen LogP contribution in [0.15, 0.2) is 18.2 Å². The van der Waals surface area contributed by atoms with Crippen molar-refractivity contribution in [2.75, 3.05) is 51.4 Å². The predicted molar refractivity (Wildman–Crippen MR) is 114 cm³/mol. The standard InChI is InChI=1S/C20H30F3N3O5S/c1-13-9-25(3)14(2)11-31-17-7-6-15(24-32(28,29)12-20(21,22)23)8-16(17)19(27)26(4)10-18(13)30-5/h6-8,13-14,18,24H,9-12H2,1-5H3/t13-,14+,18+/m1/s1. The molecule has 12 heteroatoms. The topological polar surface area (TPSA) is 88.2 Å². The smallest absolute Gasteiger partial charge is 0.404 e. The van der Waals surface area contributed by atoms with E-state index >= 15 is 0 Å². The van der Waals surface area contributed by atoms with E-state index in [0.29, 0.717) is 0 Å². The summed E-state index contributed by atoms with van der Waals surface area (Å²) in [5.41, 5.74) is -0.120. The van der Waals surface area contributed by atoms with Crippen LogP contribution in [0.25, 0.3) is 0 Å². The highest BCUT2D eigenvalue weighted by atomic mass is 32.2. The lowest BCUT2D eigenvalue weighted by Gasteiger charge is -2.34. The highest BCUT2D eigenvalue weighted by Crippen LogP contribution is 2.27. The predicted octanol–water partition coefficient (Wildman–Crippen LogP) is 2.43. The number of fused-ring (bicyclic) bond motifs is 1. The number of benzene rings is 1. The molecule has 1 aromatic carbocycles. The molecule has 0 saturated heterocycles. The Labute approximate surface area is 186 Å². The molecule has 0 aliphatic carbocycles. The molecule has 0 saturated carbocycles. The average Bonchev–Trinajstić information content (AvgIpc) is 2.66. The summed E-state index contributed by atoms with van der Waals surface area (Å²) in [6, 6.07) is 3.83. The molecule has 3 atom stereocenters. The highest BCUT2D eigenvalue weighted by Gasteiger charge is 2.35. The molecule has 1 N–H and O–H groups in total. The summed E-state index contributed by atoms with van der Waals surface area (Å²) in [6.07, 6.45) is -5.15. The minimum absolute atomic E-state index is 0.0000270. The second-order valence-corrected chi connectivity index (χ2v) is 9.95. The number of ether oxygens (including phenoxy) is 2. The van der Waals surface area contributed by atoms with Gasteiger partial charge in [-0.2, -0.15) is 13.2 Å². The van der Waals surface area contributed by atoms with Crippen molar-refractivity contribution in [3.8, 4) is 5.75 Å². The summed E-state index contributed by atoms with van der Waals surface area (Å²) in [4.78, 5) is 16.7. The van der Waals surface area contributed by atoms with Gasteiger partial charge in [-0.1, -0.05) is 6.92 Å². The first-order valence-electron chi connectivity index (χ1n) is 10.0. The van der Waals surface area contributed by atoms with Crippen molar-refractivity contribution in [2.24, 2.45) is 5.92 Å². The van der Waals surface area contributed by atoms with Gasteiger partial charge in [0.05, 0.1) is 11.7 Å². The van der Waals surface area contributed by atoms with Gasteiger partial charge >= 0.3 is 6.18 Å². The maximum absolute atomic E-state index is 13.1. The fourth-order valence-electron chi connectivity index (χ4n) is 3.45. The normalized spacial score (nSPS) is 24.2. The van der Waals surface area contributed by atoms with Gasteiger partial charge in [0.2, 0.25) is 10.0 Å². The number of halogens is 3. The molecule has 1 aliphatic heterocycles. The monoisotopic (exact) mass is 481 g/mol. The van der Waals surface area contributed by atoms with E-state index in [4.69, 9.17) is 9.47 Å². The number of nitrogens with one attached hydrogen (secondary N) is 1. The number of alkyl halides is 3. The molecule has 2 rings (SSSR count). The minimum Gasteiger partial charge on any atom is -0.491 e. The molecule has 1 aromatic rings. The fraction of sp³-hybridized carbons (Fsp3) is 0.650. The molecule has 0 aromatic heterocycles. The van der Waals surface area contributed by atoms with E-state index in [9.17, 15) is 26.4 Å². The Kier molecular flexibility index (Phi) is 8.40. The van der Waals surface area contributed by atoms with Crippen LogP contribution in [0.1, 0.15) is 24.2 Å². The molecule has 0 spiro atoms. The summed E-state index contributed by atoms with van der Waals surface area (Å²) in [5, 5.41) is 0. The van der Waals surface area contributed by atoms with Crippen LogP contribution in [-0.4, -0.2) is 89.1 Å². The molecule has 0 unspecified atom stereocenters. The molecule has 0 bridgehead atoms. The summed E-state index contributed by atoms with van der Waals surface area (Å²) in [5.74, 6) is -2.18. The van der Waals surface area contributed by atoms with E-state index in [0.717, 1.165) is 6.54 Å². The number of nitrogens with zero attached hydrogens (tertiary/aromatic N) is 2. The lowest BCUT2D eigenvalue weighted by molar-refractivity contribution is -0.106. The van der Waals surface area contributed by atoms with Gasteiger partial charge in [0, 0.05) is 39.0 Å². The van der Waals surface area contributed by atoms with Crippen LogP contribution < -0.4 is 9.46 Å². The molecule has 1 heterocycles. The summed E-state index contributed by atoms with van der Waals surface area (Å²) < 4.78 is 74.7. The number of sulfonamides is 1. The lowest BCUT2D eigenvalue weighted by atomic mass is 10.0. The molecule has 1 aliphatic rings. The maximum Gasteiger partial charge on any atom is 0.404 e. The molecule has 0 radical (unpaired) electrons. The first kappa shape index (κ1) is 26.2. The Hall–Kier alpha value is -2.05. The number of anilines is 1. The van der Waals surface area contributed by atoms with E-state index in [1.165, 1.54) is 23.1 Å². The zero-order chi connectivity index (χ0) is 24.3. The summed E-state index contributed by atoms with van der Waals surface area (Å²) >= 11 is 0. The van der Waals surface area contributed by atoms with Crippen LogP contribution in [0.2, 0.25) is 0 Å². The van der Waals surface area contributed by atoms with Crippen molar-refractivity contribution < 1.29 is 35.9 Å². The molecule has 1 amide bonds. The van der Waals surface area contributed by atoms with Crippen molar-refractivity contribution in [3.63, 3.8) is 0 Å². The summed E-state index contributed by atoms with van der Waals surface area (Å²) in [7, 11) is 0.404. The second kappa shape index (κ2) is 10.3. The van der Waals surface area contributed by atoms with Crippen LogP contribution in [0.5, 0.6) is 5.75 Å². The number of hydrogen-bond acceptors (Lipinski definition) is 6. The molecule has 8 nitrogen and oxygen atoms in total. The Morgan fingerprint density at radius 1 is 1.22 bits per heavy atom. The SMILES string of the molecule is CO[C@H]1CN(C)C(=O)c2cc(NS(=O)(=O)CC(F)(F)F)ccc2OC[C@H](C)N(C)C[C@H]1C. The van der Waals surface area contributed by atoms with E-state index in [1.54, 1.807) is 14.2 Å². The van der Waals surface area contributed by atoms with Gasteiger partial charge in [0.1, 0.15) is 12.4 Å². The van der Waals surface area contributed by atoms with Gasteiger partial charge in [0.15, 0.2) is 5.75 Å². The third-order valence-corrected chi connectivity index (χ3v) is 6.64. The molecule has 0 fully saturated rings. The van der Waals surface area contributed by atoms with Gasteiger partial charge < -0.3 is 14.4 Å². The van der Waals surface area contributed by atoms with E-state index < -0.39 is 27.9 Å². The minimum atomic E-state index is -4.89. The third-order valence-electron chi connectivity index (χ3n) is 5.38. The lowest BCUT2D eigenvalue weighted by Crippen LogP contribution is -2.45. The van der Waals surface area contributed by atoms with Crippen molar-refractivity contribution in [1.82, 2.24) is 9.80 Å². The quantitative estimate of drug-likeness (QED) is 0.711. The number of carbonyl (C=O) groups is 1. The van der Waals surface area contributed by atoms with Crippen molar-refractivity contribution >= 4 is 21.6 Å². The van der Waals surface area contributed by atoms with E-state index in [2.05, 4.69) is 4.90 Å². The number of rotatable bonds is 4. The van der Waals surface area contributed by atoms with E-state index in [-0.39, 0.29) is 48.2 Å². The van der Waals surface area contributed by atoms with Gasteiger partial charge in [-0.3, -0.25) is 14.4 Å². The van der Waals surface area contributed by atoms with E-state index in [1.807, 2.05) is 25.6 Å². The Bertz CT molecular complexity index is 910. The molecular weight excluding hydrogens is 451 g/mol. The largest absolute Gasteiger partial charge is 0.491 e. The number of hydrogen-bond donors (Lipinski definition) is 1. The first-order chi connectivity index (χ1) is 14.7. The zero-order valence-electron chi connectivity index (χ0n) is 18.8. The fourth-order valence-corrected chi connectivity index (χ4v) is 4.44. The number of amides is 1. The third kappa shape index (κ3) is 7.24. The highest BCUT2D eigenvalue weighted by molar-refractivity contribution is 7.92. The molecule has 32 heavy (non-hydrogen) atoms. The van der Waals surface area contributed by atoms with Crippen molar-refractivity contribution in [2.45, 2.75) is 32.2 Å². The second-order valence-electron chi connectivity index (χ2n) is 8.22. The average molecular weight is 482 g/mol. The number of methoxy groups -OCH3 is 1. The van der Waals surface area contributed by atoms with Gasteiger partial charge in [-0.15, -0.1) is 0 Å². The van der Waals surface area contributed by atoms with Gasteiger partial charge in [-0.05, 0) is 38.1 Å². The first-order valence-corrected chi connectivity index (χ1v) is 11.7. The van der Waals surface area contributed by atoms with Crippen molar-refractivity contribution in [1.29, 1.82) is 0 Å². The number of carbonyl (C=O) groups excluding carboxylic acids is 1. The van der Waals surface area contributed by atoms with Crippen LogP contribution in [0.3, 0.4) is 0 Å². The Morgan fingerprint density at radius 3 is 2.47 bits per heavy atom. The maximum atomic E-state index is 13.1. The number of likely N-dealkylation sites (N-methyl/N-ethyl adjacent to an activating group) is 2. The van der Waals surface area contributed by atoms with Crippen LogP contribution in [0.4, 0.5) is 18.9 Å². The van der Waals surface area contributed by atoms with Gasteiger partial charge in [-0.25, -0.2) is 8.42 Å². The Balaban J connectivity index is 2.41.